The summed E-state index contributed by atoms with van der Waals surface area (Å²) >= 11 is 0. The fraction of sp³-hybridized carbons (Fsp3) is 0.438. The van der Waals surface area contributed by atoms with Gasteiger partial charge in [0.05, 0.1) is 0 Å². The molecule has 1 aromatic carbocycles. The lowest BCUT2D eigenvalue weighted by molar-refractivity contribution is 0.0972. The zero-order valence-electron chi connectivity index (χ0n) is 12.2. The molecule has 1 aliphatic rings. The van der Waals surface area contributed by atoms with E-state index in [0.29, 0.717) is 13.0 Å². The Balaban J connectivity index is 1.71. The molecule has 1 aromatic heterocycles. The second-order valence-electron chi connectivity index (χ2n) is 5.28. The number of Topliss-reactive ketones (excluding diaryl/α,β-unsaturated/α-hetero) is 1. The smallest absolute Gasteiger partial charge is 0.164 e. The molecule has 3 rings (SSSR count). The van der Waals surface area contributed by atoms with Crippen LogP contribution in [0.2, 0.25) is 0 Å². The fourth-order valence-corrected chi connectivity index (χ4v) is 2.66. The average Bonchev–Trinajstić information content (AvgIpc) is 2.93. The number of hydrogen-bond donors (Lipinski definition) is 0. The van der Waals surface area contributed by atoms with Crippen molar-refractivity contribution in [2.24, 2.45) is 0 Å². The third kappa shape index (κ3) is 2.96. The summed E-state index contributed by atoms with van der Waals surface area (Å²) in [4.78, 5) is 16.0. The Kier molecular flexibility index (Phi) is 3.99. The number of carbonyl (C=O) groups is 1. The molecule has 0 saturated carbocycles. The number of hydrogen-bond acceptors (Lipinski definition) is 4. The van der Waals surface area contributed by atoms with Gasteiger partial charge in [0.2, 0.25) is 0 Å². The number of nitrogens with zero attached hydrogens (tertiary/aromatic N) is 3. The monoisotopic (exact) mass is 285 g/mol. The van der Waals surface area contributed by atoms with Crippen molar-refractivity contribution in [3.8, 4) is 5.75 Å². The molecule has 0 N–H and O–H groups in total. The first-order valence-corrected chi connectivity index (χ1v) is 7.43. The van der Waals surface area contributed by atoms with Crippen molar-refractivity contribution in [3.05, 3.63) is 41.5 Å². The Morgan fingerprint density at radius 3 is 3.10 bits per heavy atom. The molecule has 0 fully saturated rings. The van der Waals surface area contributed by atoms with Crippen LogP contribution in [-0.2, 0) is 19.6 Å². The molecule has 0 bridgehead atoms. The van der Waals surface area contributed by atoms with Crippen LogP contribution in [0.5, 0.6) is 5.75 Å². The van der Waals surface area contributed by atoms with Gasteiger partial charge < -0.3 is 4.74 Å². The maximum Gasteiger partial charge on any atom is 0.164 e. The molecule has 0 spiro atoms. The fourth-order valence-electron chi connectivity index (χ4n) is 2.66. The molecule has 1 aliphatic carbocycles. The van der Waals surface area contributed by atoms with E-state index >= 15 is 0 Å². The largest absolute Gasteiger partial charge is 0.486 e. The predicted octanol–water partition coefficient (Wildman–Crippen LogP) is 2.79. The van der Waals surface area contributed by atoms with Crippen LogP contribution >= 0.6 is 0 Å². The summed E-state index contributed by atoms with van der Waals surface area (Å²) in [5, 5.41) is 4.18. The average molecular weight is 285 g/mol. The molecule has 1 heterocycles. The van der Waals surface area contributed by atoms with Crippen LogP contribution in [0.3, 0.4) is 0 Å². The quantitative estimate of drug-likeness (QED) is 0.847. The van der Waals surface area contributed by atoms with Crippen LogP contribution < -0.4 is 4.74 Å². The first-order valence-electron chi connectivity index (χ1n) is 7.43. The molecule has 0 unspecified atom stereocenters. The minimum Gasteiger partial charge on any atom is -0.486 e. The molecule has 0 amide bonds. The van der Waals surface area contributed by atoms with Crippen molar-refractivity contribution >= 4 is 5.78 Å². The first-order chi connectivity index (χ1) is 10.3. The lowest BCUT2D eigenvalue weighted by Crippen LogP contribution is -2.11. The number of carbonyl (C=O) groups excluding carboxylic acids is 1. The third-order valence-electron chi connectivity index (χ3n) is 3.73. The Hall–Kier alpha value is -2.17. The number of ketones is 1. The van der Waals surface area contributed by atoms with Crippen LogP contribution in [0, 0.1) is 0 Å². The van der Waals surface area contributed by atoms with Crippen LogP contribution in [0.25, 0.3) is 0 Å². The summed E-state index contributed by atoms with van der Waals surface area (Å²) in [7, 11) is 0. The van der Waals surface area contributed by atoms with E-state index in [1.54, 1.807) is 6.33 Å². The SMILES string of the molecule is CCCn1ncnc1COc1ccc2c(c1)CCCC2=O. The van der Waals surface area contributed by atoms with Crippen molar-refractivity contribution in [2.45, 2.75) is 45.8 Å². The van der Waals surface area contributed by atoms with Crippen molar-refractivity contribution in [1.29, 1.82) is 0 Å². The molecule has 21 heavy (non-hydrogen) atoms. The number of benzene rings is 1. The number of fused-ring (bicyclic) bond motifs is 1. The first kappa shape index (κ1) is 13.8. The highest BCUT2D eigenvalue weighted by molar-refractivity contribution is 5.98. The highest BCUT2D eigenvalue weighted by Gasteiger charge is 2.17. The van der Waals surface area contributed by atoms with Gasteiger partial charge in [0.15, 0.2) is 11.6 Å². The van der Waals surface area contributed by atoms with Crippen LogP contribution in [0.1, 0.15) is 47.9 Å². The van der Waals surface area contributed by atoms with Crippen molar-refractivity contribution in [3.63, 3.8) is 0 Å². The van der Waals surface area contributed by atoms with Gasteiger partial charge in [-0.05, 0) is 43.0 Å². The van der Waals surface area contributed by atoms with Gasteiger partial charge in [-0.15, -0.1) is 0 Å². The molecule has 0 aliphatic heterocycles. The van der Waals surface area contributed by atoms with Crippen molar-refractivity contribution in [1.82, 2.24) is 14.8 Å². The maximum absolute atomic E-state index is 11.8. The molecule has 5 heteroatoms. The van der Waals surface area contributed by atoms with Crippen LogP contribution in [-0.4, -0.2) is 20.5 Å². The molecule has 0 saturated heterocycles. The Labute approximate surface area is 124 Å². The van der Waals surface area contributed by atoms with E-state index in [0.717, 1.165) is 48.5 Å². The second kappa shape index (κ2) is 6.08. The summed E-state index contributed by atoms with van der Waals surface area (Å²) in [5.41, 5.74) is 1.95. The molecule has 5 nitrogen and oxygen atoms in total. The van der Waals surface area contributed by atoms with Gasteiger partial charge in [-0.25, -0.2) is 9.67 Å². The third-order valence-corrected chi connectivity index (χ3v) is 3.73. The number of aryl methyl sites for hydroxylation is 2. The van der Waals surface area contributed by atoms with Crippen LogP contribution in [0.4, 0.5) is 0 Å². The molecule has 0 radical (unpaired) electrons. The Morgan fingerprint density at radius 1 is 1.33 bits per heavy atom. The number of rotatable bonds is 5. The summed E-state index contributed by atoms with van der Waals surface area (Å²) in [5.74, 6) is 1.85. The Morgan fingerprint density at radius 2 is 2.24 bits per heavy atom. The molecular weight excluding hydrogens is 266 g/mol. The van der Waals surface area contributed by atoms with Gasteiger partial charge >= 0.3 is 0 Å². The maximum atomic E-state index is 11.8. The topological polar surface area (TPSA) is 57.0 Å². The molecular formula is C16H19N3O2. The van der Waals surface area contributed by atoms with Gasteiger partial charge in [0, 0.05) is 18.5 Å². The van der Waals surface area contributed by atoms with Gasteiger partial charge in [-0.1, -0.05) is 6.92 Å². The lowest BCUT2D eigenvalue weighted by Gasteiger charge is -2.16. The highest BCUT2D eigenvalue weighted by atomic mass is 16.5. The highest BCUT2D eigenvalue weighted by Crippen LogP contribution is 2.25. The minimum absolute atomic E-state index is 0.241. The zero-order valence-corrected chi connectivity index (χ0v) is 12.2. The van der Waals surface area contributed by atoms with E-state index in [1.807, 2.05) is 22.9 Å². The molecule has 110 valence electrons. The van der Waals surface area contributed by atoms with E-state index in [9.17, 15) is 4.79 Å². The molecule has 2 aromatic rings. The summed E-state index contributed by atoms with van der Waals surface area (Å²) in [6, 6.07) is 5.72. The normalized spacial score (nSPS) is 14.0. The van der Waals surface area contributed by atoms with Crippen molar-refractivity contribution in [2.75, 3.05) is 0 Å². The van der Waals surface area contributed by atoms with E-state index < -0.39 is 0 Å². The Bertz CT molecular complexity index is 649. The van der Waals surface area contributed by atoms with Crippen LogP contribution in [0.15, 0.2) is 24.5 Å². The molecule has 0 atom stereocenters. The van der Waals surface area contributed by atoms with Gasteiger partial charge in [0.1, 0.15) is 18.7 Å². The second-order valence-corrected chi connectivity index (χ2v) is 5.28. The van der Waals surface area contributed by atoms with E-state index in [1.165, 1.54) is 0 Å². The van der Waals surface area contributed by atoms with E-state index in [4.69, 9.17) is 4.74 Å². The van der Waals surface area contributed by atoms with E-state index in [-0.39, 0.29) is 5.78 Å². The standard InChI is InChI=1S/C16H19N3O2/c1-2-8-19-16(17-11-18-19)10-21-13-6-7-14-12(9-13)4-3-5-15(14)20/h6-7,9,11H,2-5,8,10H2,1H3. The predicted molar refractivity (Wildman–Crippen MR) is 78.4 cm³/mol. The summed E-state index contributed by atoms with van der Waals surface area (Å²) in [6.07, 6.45) is 5.11. The van der Waals surface area contributed by atoms with Gasteiger partial charge in [0.25, 0.3) is 0 Å². The summed E-state index contributed by atoms with van der Waals surface area (Å²) in [6.45, 7) is 3.34. The van der Waals surface area contributed by atoms with E-state index in [2.05, 4.69) is 17.0 Å². The number of ether oxygens (including phenoxy) is 1. The zero-order chi connectivity index (χ0) is 14.7. The van der Waals surface area contributed by atoms with Gasteiger partial charge in [-0.2, -0.15) is 5.10 Å². The van der Waals surface area contributed by atoms with Gasteiger partial charge in [-0.3, -0.25) is 4.79 Å². The minimum atomic E-state index is 0.241. The summed E-state index contributed by atoms with van der Waals surface area (Å²) < 4.78 is 7.67. The van der Waals surface area contributed by atoms with Crippen molar-refractivity contribution < 1.29 is 9.53 Å². The lowest BCUT2D eigenvalue weighted by atomic mass is 9.91. The number of aromatic nitrogens is 3.